The SMILES string of the molecule is Brc1cc[n+](Cc2ccccc2)c(Br)c1. The van der Waals surface area contributed by atoms with Gasteiger partial charge in [-0.15, -0.1) is 0 Å². The van der Waals surface area contributed by atoms with Crippen LogP contribution in [-0.4, -0.2) is 0 Å². The van der Waals surface area contributed by atoms with Crippen LogP contribution >= 0.6 is 31.9 Å². The molecule has 0 spiro atoms. The number of halogens is 2. The molecule has 0 radical (unpaired) electrons. The van der Waals surface area contributed by atoms with Gasteiger partial charge in [-0.3, -0.25) is 0 Å². The summed E-state index contributed by atoms with van der Waals surface area (Å²) >= 11 is 6.98. The van der Waals surface area contributed by atoms with Gasteiger partial charge in [0.05, 0.1) is 0 Å². The number of hydrogen-bond donors (Lipinski definition) is 0. The Morgan fingerprint density at radius 1 is 1.00 bits per heavy atom. The second-order valence-corrected chi connectivity index (χ2v) is 5.01. The van der Waals surface area contributed by atoms with E-state index < -0.39 is 0 Å². The van der Waals surface area contributed by atoms with Gasteiger partial charge in [-0.25, -0.2) is 0 Å². The molecule has 0 fully saturated rings. The van der Waals surface area contributed by atoms with Gasteiger partial charge >= 0.3 is 0 Å². The highest BCUT2D eigenvalue weighted by Crippen LogP contribution is 2.13. The van der Waals surface area contributed by atoms with E-state index in [0.29, 0.717) is 0 Å². The topological polar surface area (TPSA) is 3.88 Å². The van der Waals surface area contributed by atoms with Crippen LogP contribution < -0.4 is 4.57 Å². The maximum atomic E-state index is 3.54. The lowest BCUT2D eigenvalue weighted by atomic mass is 10.2. The van der Waals surface area contributed by atoms with Gasteiger partial charge in [0, 0.05) is 38.1 Å². The van der Waals surface area contributed by atoms with Crippen molar-refractivity contribution in [3.05, 3.63) is 63.3 Å². The van der Waals surface area contributed by atoms with Crippen LogP contribution in [-0.2, 0) is 6.54 Å². The summed E-state index contributed by atoms with van der Waals surface area (Å²) in [7, 11) is 0. The van der Waals surface area contributed by atoms with Crippen LogP contribution in [0.1, 0.15) is 5.56 Å². The highest BCUT2D eigenvalue weighted by atomic mass is 79.9. The van der Waals surface area contributed by atoms with E-state index in [1.807, 2.05) is 18.2 Å². The minimum Gasteiger partial charge on any atom is -0.188 e. The van der Waals surface area contributed by atoms with Crippen LogP contribution in [0.25, 0.3) is 0 Å². The second kappa shape index (κ2) is 4.90. The summed E-state index contributed by atoms with van der Waals surface area (Å²) in [6.07, 6.45) is 2.06. The number of benzene rings is 1. The Hall–Kier alpha value is -0.670. The van der Waals surface area contributed by atoms with Gasteiger partial charge in [0.15, 0.2) is 12.7 Å². The molecule has 0 saturated carbocycles. The van der Waals surface area contributed by atoms with Crippen molar-refractivity contribution in [1.29, 1.82) is 0 Å². The van der Waals surface area contributed by atoms with E-state index in [1.54, 1.807) is 0 Å². The maximum absolute atomic E-state index is 3.54. The molecule has 0 aliphatic carbocycles. The minimum atomic E-state index is 0.884. The van der Waals surface area contributed by atoms with Crippen molar-refractivity contribution < 1.29 is 4.57 Å². The Kier molecular flexibility index (Phi) is 3.54. The summed E-state index contributed by atoms with van der Waals surface area (Å²) < 4.78 is 4.31. The number of pyridine rings is 1. The van der Waals surface area contributed by atoms with Gasteiger partial charge in [-0.1, -0.05) is 46.3 Å². The van der Waals surface area contributed by atoms with Gasteiger partial charge in [0.25, 0.3) is 0 Å². The van der Waals surface area contributed by atoms with E-state index in [0.717, 1.165) is 15.6 Å². The molecule has 76 valence electrons. The highest BCUT2D eigenvalue weighted by molar-refractivity contribution is 9.11. The molecular formula is C12H10Br2N+. The van der Waals surface area contributed by atoms with Crippen LogP contribution in [0.2, 0.25) is 0 Å². The first kappa shape index (κ1) is 10.8. The smallest absolute Gasteiger partial charge is 0.188 e. The van der Waals surface area contributed by atoms with Crippen molar-refractivity contribution in [2.24, 2.45) is 0 Å². The molecule has 1 heterocycles. The zero-order valence-electron chi connectivity index (χ0n) is 8.03. The fourth-order valence-corrected chi connectivity index (χ4v) is 2.52. The van der Waals surface area contributed by atoms with E-state index in [1.165, 1.54) is 5.56 Å². The van der Waals surface area contributed by atoms with Crippen LogP contribution in [0.15, 0.2) is 57.7 Å². The maximum Gasteiger partial charge on any atom is 0.249 e. The summed E-state index contributed by atoms with van der Waals surface area (Å²) in [6, 6.07) is 14.5. The fraction of sp³-hybridized carbons (Fsp3) is 0.0833. The number of rotatable bonds is 2. The number of hydrogen-bond acceptors (Lipinski definition) is 0. The predicted octanol–water partition coefficient (Wildman–Crippen LogP) is 3.55. The molecule has 1 aromatic carbocycles. The molecule has 2 aromatic rings. The van der Waals surface area contributed by atoms with Gasteiger partial charge in [0.2, 0.25) is 4.60 Å². The van der Waals surface area contributed by atoms with E-state index in [9.17, 15) is 0 Å². The van der Waals surface area contributed by atoms with Crippen LogP contribution in [0, 0.1) is 0 Å². The average molecular weight is 328 g/mol. The summed E-state index contributed by atoms with van der Waals surface area (Å²) in [6.45, 7) is 0.884. The largest absolute Gasteiger partial charge is 0.249 e. The normalized spacial score (nSPS) is 10.3. The van der Waals surface area contributed by atoms with E-state index in [2.05, 4.69) is 66.9 Å². The third-order valence-electron chi connectivity index (χ3n) is 2.14. The monoisotopic (exact) mass is 326 g/mol. The second-order valence-electron chi connectivity index (χ2n) is 3.28. The molecule has 0 bridgehead atoms. The van der Waals surface area contributed by atoms with Crippen molar-refractivity contribution in [3.63, 3.8) is 0 Å². The van der Waals surface area contributed by atoms with Crippen LogP contribution in [0.5, 0.6) is 0 Å². The Labute approximate surface area is 106 Å². The fourth-order valence-electron chi connectivity index (χ4n) is 1.39. The van der Waals surface area contributed by atoms with Crippen molar-refractivity contribution in [3.8, 4) is 0 Å². The van der Waals surface area contributed by atoms with Gasteiger partial charge in [-0.2, -0.15) is 4.57 Å². The molecular weight excluding hydrogens is 318 g/mol. The molecule has 1 nitrogen and oxygen atoms in total. The van der Waals surface area contributed by atoms with E-state index >= 15 is 0 Å². The zero-order valence-corrected chi connectivity index (χ0v) is 11.2. The van der Waals surface area contributed by atoms with Gasteiger partial charge in [-0.05, 0) is 0 Å². The molecule has 0 amide bonds. The first-order valence-electron chi connectivity index (χ1n) is 4.64. The van der Waals surface area contributed by atoms with E-state index in [-0.39, 0.29) is 0 Å². The average Bonchev–Trinajstić information content (AvgIpc) is 2.24. The molecule has 1 aromatic heterocycles. The molecule has 0 aliphatic rings. The summed E-state index contributed by atoms with van der Waals surface area (Å²) in [5.74, 6) is 0. The summed E-state index contributed by atoms with van der Waals surface area (Å²) in [5.41, 5.74) is 1.30. The van der Waals surface area contributed by atoms with Gasteiger partial charge < -0.3 is 0 Å². The standard InChI is InChI=1S/C12H10Br2N/c13-11-6-7-15(12(14)8-11)9-10-4-2-1-3-5-10/h1-8H,9H2/q+1. The van der Waals surface area contributed by atoms with Crippen molar-refractivity contribution in [1.82, 2.24) is 0 Å². The van der Waals surface area contributed by atoms with Crippen molar-refractivity contribution in [2.75, 3.05) is 0 Å². The molecule has 0 N–H and O–H groups in total. The number of nitrogens with zero attached hydrogens (tertiary/aromatic N) is 1. The molecule has 0 unspecified atom stereocenters. The third-order valence-corrected chi connectivity index (χ3v) is 3.32. The lowest BCUT2D eigenvalue weighted by Crippen LogP contribution is -2.35. The zero-order chi connectivity index (χ0) is 10.7. The quantitative estimate of drug-likeness (QED) is 0.586. The van der Waals surface area contributed by atoms with Crippen LogP contribution in [0.4, 0.5) is 0 Å². The predicted molar refractivity (Wildman–Crippen MR) is 67.6 cm³/mol. The molecule has 15 heavy (non-hydrogen) atoms. The van der Waals surface area contributed by atoms with Crippen LogP contribution in [0.3, 0.4) is 0 Å². The molecule has 0 aliphatic heterocycles. The first-order valence-corrected chi connectivity index (χ1v) is 6.23. The highest BCUT2D eigenvalue weighted by Gasteiger charge is 2.08. The Morgan fingerprint density at radius 3 is 2.40 bits per heavy atom. The molecule has 0 saturated heterocycles. The first-order chi connectivity index (χ1) is 7.25. The van der Waals surface area contributed by atoms with Crippen molar-refractivity contribution in [2.45, 2.75) is 6.54 Å². The summed E-state index contributed by atoms with van der Waals surface area (Å²) in [4.78, 5) is 0. The lowest BCUT2D eigenvalue weighted by Gasteiger charge is -1.99. The van der Waals surface area contributed by atoms with Crippen molar-refractivity contribution >= 4 is 31.9 Å². The minimum absolute atomic E-state index is 0.884. The molecule has 2 rings (SSSR count). The Bertz CT molecular complexity index is 454. The van der Waals surface area contributed by atoms with E-state index in [4.69, 9.17) is 0 Å². The molecule has 0 atom stereocenters. The Morgan fingerprint density at radius 2 is 1.73 bits per heavy atom. The molecule has 3 heteroatoms. The lowest BCUT2D eigenvalue weighted by molar-refractivity contribution is -0.699. The van der Waals surface area contributed by atoms with Gasteiger partial charge in [0.1, 0.15) is 0 Å². The number of aromatic nitrogens is 1. The summed E-state index contributed by atoms with van der Waals surface area (Å²) in [5, 5.41) is 0. The Balaban J connectivity index is 2.25. The third kappa shape index (κ3) is 2.89.